The topological polar surface area (TPSA) is 33.6 Å². The van der Waals surface area contributed by atoms with Gasteiger partial charge in [0.05, 0.1) is 5.56 Å². The summed E-state index contributed by atoms with van der Waals surface area (Å²) in [7, 11) is 1.74. The molecule has 1 aromatic rings. The van der Waals surface area contributed by atoms with E-state index in [9.17, 15) is 0 Å². The first-order valence-corrected chi connectivity index (χ1v) is 6.11. The number of nitrogens with one attached hydrogen (secondary N) is 1. The summed E-state index contributed by atoms with van der Waals surface area (Å²) in [4.78, 5) is 4.14. The lowest BCUT2D eigenvalue weighted by Gasteiger charge is -2.19. The van der Waals surface area contributed by atoms with Gasteiger partial charge in [-0.15, -0.1) is 0 Å². The van der Waals surface area contributed by atoms with Crippen LogP contribution >= 0.6 is 44.1 Å². The second-order valence-electron chi connectivity index (χ2n) is 2.60. The first kappa shape index (κ1) is 10.3. The number of rotatable bonds is 0. The molecule has 14 heavy (non-hydrogen) atoms. The molecule has 1 aliphatic heterocycles. The van der Waals surface area contributed by atoms with Crippen molar-refractivity contribution in [1.82, 2.24) is 4.72 Å². The van der Waals surface area contributed by atoms with Gasteiger partial charge in [-0.25, -0.2) is 0 Å². The summed E-state index contributed by atoms with van der Waals surface area (Å²) < 4.78 is 10.3. The standard InChI is InChI=1S/C8H6Br2N2OS/c1-11-8-7-5(10)2-4(9)3-6(7)13-14-12-8/h2-3H,1H3,(H,11,12). The van der Waals surface area contributed by atoms with Crippen LogP contribution in [0, 0.1) is 0 Å². The minimum absolute atomic E-state index is 0.801. The summed E-state index contributed by atoms with van der Waals surface area (Å²) in [5.74, 6) is 1.62. The zero-order valence-electron chi connectivity index (χ0n) is 7.17. The van der Waals surface area contributed by atoms with Crippen molar-refractivity contribution in [2.75, 3.05) is 7.05 Å². The Hall–Kier alpha value is -0.200. The second-order valence-corrected chi connectivity index (χ2v) is 4.91. The van der Waals surface area contributed by atoms with Crippen LogP contribution in [0.25, 0.3) is 0 Å². The Morgan fingerprint density at radius 2 is 2.21 bits per heavy atom. The Bertz CT molecular complexity index is 409. The van der Waals surface area contributed by atoms with Crippen LogP contribution in [0.15, 0.2) is 26.1 Å². The van der Waals surface area contributed by atoms with Gasteiger partial charge in [-0.05, 0) is 28.1 Å². The third-order valence-electron chi connectivity index (χ3n) is 1.75. The predicted molar refractivity (Wildman–Crippen MR) is 65.7 cm³/mol. The van der Waals surface area contributed by atoms with Crippen LogP contribution in [0.2, 0.25) is 0 Å². The highest BCUT2D eigenvalue weighted by Crippen LogP contribution is 2.35. The molecule has 0 amide bonds. The van der Waals surface area contributed by atoms with Crippen LogP contribution in [-0.2, 0) is 0 Å². The van der Waals surface area contributed by atoms with Gasteiger partial charge in [0.25, 0.3) is 0 Å². The lowest BCUT2D eigenvalue weighted by molar-refractivity contribution is 0.633. The Labute approximate surface area is 103 Å². The van der Waals surface area contributed by atoms with E-state index in [-0.39, 0.29) is 0 Å². The Balaban J connectivity index is 2.63. The molecule has 0 aromatic heterocycles. The molecule has 0 unspecified atom stereocenters. The molecule has 0 radical (unpaired) electrons. The third-order valence-corrected chi connectivity index (χ3v) is 3.37. The lowest BCUT2D eigenvalue weighted by atomic mass is 10.2. The largest absolute Gasteiger partial charge is 0.405 e. The molecule has 0 bridgehead atoms. The van der Waals surface area contributed by atoms with E-state index in [1.165, 1.54) is 12.2 Å². The molecule has 1 N–H and O–H groups in total. The van der Waals surface area contributed by atoms with Crippen molar-refractivity contribution in [3.8, 4) is 5.75 Å². The summed E-state index contributed by atoms with van der Waals surface area (Å²) >= 11 is 8.04. The van der Waals surface area contributed by atoms with E-state index in [0.29, 0.717) is 0 Å². The summed E-state index contributed by atoms with van der Waals surface area (Å²) in [6.07, 6.45) is 0. The highest BCUT2D eigenvalue weighted by atomic mass is 79.9. The van der Waals surface area contributed by atoms with Crippen molar-refractivity contribution in [2.45, 2.75) is 0 Å². The fourth-order valence-electron chi connectivity index (χ4n) is 1.16. The van der Waals surface area contributed by atoms with E-state index in [0.717, 1.165) is 26.1 Å². The van der Waals surface area contributed by atoms with E-state index in [4.69, 9.17) is 4.18 Å². The molecule has 1 heterocycles. The molecule has 0 spiro atoms. The van der Waals surface area contributed by atoms with Crippen molar-refractivity contribution in [1.29, 1.82) is 0 Å². The Kier molecular flexibility index (Phi) is 3.04. The maximum Gasteiger partial charge on any atom is 0.177 e. The predicted octanol–water partition coefficient (Wildman–Crippen LogP) is 3.13. The van der Waals surface area contributed by atoms with Crippen molar-refractivity contribution < 1.29 is 4.18 Å². The van der Waals surface area contributed by atoms with Crippen LogP contribution < -0.4 is 8.91 Å². The van der Waals surface area contributed by atoms with Gasteiger partial charge in [0.2, 0.25) is 0 Å². The maximum absolute atomic E-state index is 5.38. The summed E-state index contributed by atoms with van der Waals surface area (Å²) in [6.45, 7) is 0. The maximum atomic E-state index is 5.38. The smallest absolute Gasteiger partial charge is 0.177 e. The van der Waals surface area contributed by atoms with Gasteiger partial charge in [0, 0.05) is 16.0 Å². The zero-order valence-corrected chi connectivity index (χ0v) is 11.2. The van der Waals surface area contributed by atoms with Crippen molar-refractivity contribution in [2.24, 2.45) is 4.99 Å². The van der Waals surface area contributed by atoms with Crippen LogP contribution in [0.1, 0.15) is 5.56 Å². The van der Waals surface area contributed by atoms with E-state index < -0.39 is 0 Å². The molecule has 1 aliphatic rings. The van der Waals surface area contributed by atoms with E-state index >= 15 is 0 Å². The van der Waals surface area contributed by atoms with Gasteiger partial charge in [-0.3, -0.25) is 9.71 Å². The number of fused-ring (bicyclic) bond motifs is 1. The van der Waals surface area contributed by atoms with Crippen LogP contribution in [-0.4, -0.2) is 12.9 Å². The molecular formula is C8H6Br2N2OS. The van der Waals surface area contributed by atoms with Gasteiger partial charge >= 0.3 is 0 Å². The van der Waals surface area contributed by atoms with Gasteiger partial charge in [-0.2, -0.15) is 0 Å². The van der Waals surface area contributed by atoms with E-state index in [2.05, 4.69) is 41.6 Å². The molecular weight excluding hydrogens is 332 g/mol. The Morgan fingerprint density at radius 3 is 2.93 bits per heavy atom. The normalized spacial score (nSPS) is 17.2. The zero-order chi connectivity index (χ0) is 10.1. The summed E-state index contributed by atoms with van der Waals surface area (Å²) in [5.41, 5.74) is 0.953. The average molecular weight is 338 g/mol. The number of hydrogen-bond acceptors (Lipinski definition) is 3. The lowest BCUT2D eigenvalue weighted by Crippen LogP contribution is -2.24. The van der Waals surface area contributed by atoms with Crippen LogP contribution in [0.4, 0.5) is 0 Å². The summed E-state index contributed by atoms with van der Waals surface area (Å²) in [6, 6.07) is 3.88. The number of halogens is 2. The molecule has 0 saturated carbocycles. The van der Waals surface area contributed by atoms with E-state index in [1.54, 1.807) is 7.05 Å². The Morgan fingerprint density at radius 1 is 1.43 bits per heavy atom. The molecule has 0 saturated heterocycles. The summed E-state index contributed by atoms with van der Waals surface area (Å²) in [5, 5.41) is 0. The number of hydrogen-bond donors (Lipinski definition) is 1. The third kappa shape index (κ3) is 1.78. The molecule has 0 fully saturated rings. The molecule has 3 nitrogen and oxygen atoms in total. The molecule has 2 rings (SSSR count). The van der Waals surface area contributed by atoms with Gasteiger partial charge in [0.15, 0.2) is 18.0 Å². The number of amidine groups is 1. The van der Waals surface area contributed by atoms with Crippen molar-refractivity contribution >= 4 is 49.9 Å². The molecule has 0 aliphatic carbocycles. The number of benzene rings is 1. The van der Waals surface area contributed by atoms with Gasteiger partial charge in [-0.1, -0.05) is 15.9 Å². The molecule has 74 valence electrons. The quantitative estimate of drug-likeness (QED) is 0.583. The molecule has 0 atom stereocenters. The number of aliphatic imine (C=N–C) groups is 1. The first-order chi connectivity index (χ1) is 6.72. The minimum atomic E-state index is 0.801. The average Bonchev–Trinajstić information content (AvgIpc) is 2.16. The molecule has 1 aromatic carbocycles. The monoisotopic (exact) mass is 336 g/mol. The minimum Gasteiger partial charge on any atom is -0.405 e. The fraction of sp³-hybridized carbons (Fsp3) is 0.125. The van der Waals surface area contributed by atoms with Crippen LogP contribution in [0.3, 0.4) is 0 Å². The fourth-order valence-corrected chi connectivity index (χ4v) is 3.07. The van der Waals surface area contributed by atoms with Crippen LogP contribution in [0.5, 0.6) is 5.75 Å². The highest BCUT2D eigenvalue weighted by molar-refractivity contribution is 9.11. The van der Waals surface area contributed by atoms with Gasteiger partial charge < -0.3 is 4.18 Å². The van der Waals surface area contributed by atoms with E-state index in [1.807, 2.05) is 12.1 Å². The van der Waals surface area contributed by atoms with Crippen molar-refractivity contribution in [3.05, 3.63) is 26.6 Å². The SMILES string of the molecule is CN=C1NSOc2cc(Br)cc(Br)c21. The second kappa shape index (κ2) is 4.12. The van der Waals surface area contributed by atoms with Crippen molar-refractivity contribution in [3.63, 3.8) is 0 Å². The highest BCUT2D eigenvalue weighted by Gasteiger charge is 2.20. The number of nitrogens with zero attached hydrogens (tertiary/aromatic N) is 1. The molecule has 6 heteroatoms. The first-order valence-electron chi connectivity index (χ1n) is 3.78. The van der Waals surface area contributed by atoms with Gasteiger partial charge in [0.1, 0.15) is 5.84 Å².